The molecule has 1 aromatic heterocycles. The highest BCUT2D eigenvalue weighted by Crippen LogP contribution is 2.26. The Morgan fingerprint density at radius 3 is 2.92 bits per heavy atom. The number of aromatic nitrogens is 1. The van der Waals surface area contributed by atoms with Crippen LogP contribution in [0.3, 0.4) is 0 Å². The highest BCUT2D eigenvalue weighted by atomic mass is 32.2. The van der Waals surface area contributed by atoms with E-state index in [4.69, 9.17) is 11.1 Å². The Morgan fingerprint density at radius 1 is 1.83 bits per heavy atom. The van der Waals surface area contributed by atoms with E-state index < -0.39 is 0 Å². The van der Waals surface area contributed by atoms with Gasteiger partial charge < -0.3 is 5.73 Å². The van der Waals surface area contributed by atoms with Crippen LogP contribution in [0.15, 0.2) is 9.72 Å². The molecule has 3 nitrogen and oxygen atoms in total. The van der Waals surface area contributed by atoms with Crippen LogP contribution in [0.4, 0.5) is 0 Å². The number of rotatable bonds is 3. The molecule has 1 atom stereocenters. The van der Waals surface area contributed by atoms with Crippen LogP contribution in [0, 0.1) is 12.3 Å². The van der Waals surface area contributed by atoms with Gasteiger partial charge in [0.25, 0.3) is 0 Å². The highest BCUT2D eigenvalue weighted by Gasteiger charge is 2.09. The topological polar surface area (TPSA) is 62.8 Å². The number of hydrogen-bond donors (Lipinski definition) is 2. The molecule has 1 aromatic rings. The van der Waals surface area contributed by atoms with Crippen molar-refractivity contribution in [3.05, 3.63) is 11.1 Å². The molecule has 0 aliphatic carbocycles. The second-order valence-corrected chi connectivity index (χ2v) is 4.92. The summed E-state index contributed by atoms with van der Waals surface area (Å²) in [6.45, 7) is 3.86. The molecule has 0 fully saturated rings. The monoisotopic (exact) mass is 201 g/mol. The molecule has 0 aromatic carbocycles. The van der Waals surface area contributed by atoms with Crippen LogP contribution in [0.5, 0.6) is 0 Å². The molecule has 0 spiro atoms. The average Bonchev–Trinajstić information content (AvgIpc) is 2.35. The number of aryl methyl sites for hydroxylation is 1. The second-order valence-electron chi connectivity index (χ2n) is 2.47. The van der Waals surface area contributed by atoms with Gasteiger partial charge in [-0.1, -0.05) is 11.8 Å². The van der Waals surface area contributed by atoms with Crippen molar-refractivity contribution >= 4 is 28.9 Å². The van der Waals surface area contributed by atoms with Crippen LogP contribution in [-0.4, -0.2) is 16.1 Å². The van der Waals surface area contributed by atoms with Crippen LogP contribution < -0.4 is 5.73 Å². The summed E-state index contributed by atoms with van der Waals surface area (Å²) >= 11 is 3.13. The normalized spacial score (nSPS) is 12.8. The molecule has 0 radical (unpaired) electrons. The van der Waals surface area contributed by atoms with E-state index in [0.29, 0.717) is 0 Å². The Bertz CT molecular complexity index is 282. The van der Waals surface area contributed by atoms with E-state index in [0.717, 1.165) is 10.0 Å². The molecule has 0 aliphatic rings. The smallest absolute Gasteiger partial charge is 0.150 e. The lowest BCUT2D eigenvalue weighted by atomic mass is 10.4. The van der Waals surface area contributed by atoms with Crippen molar-refractivity contribution in [2.45, 2.75) is 23.4 Å². The van der Waals surface area contributed by atoms with Gasteiger partial charge in [0, 0.05) is 11.1 Å². The quantitative estimate of drug-likeness (QED) is 0.446. The summed E-state index contributed by atoms with van der Waals surface area (Å²) < 4.78 is 0.982. The number of nitrogens with two attached hydrogens (primary N) is 1. The summed E-state index contributed by atoms with van der Waals surface area (Å²) in [5, 5.41) is 9.21. The van der Waals surface area contributed by atoms with Crippen LogP contribution in [0.2, 0.25) is 0 Å². The van der Waals surface area contributed by atoms with Crippen molar-refractivity contribution < 1.29 is 0 Å². The van der Waals surface area contributed by atoms with Crippen LogP contribution in [0.1, 0.15) is 12.6 Å². The van der Waals surface area contributed by atoms with E-state index >= 15 is 0 Å². The highest BCUT2D eigenvalue weighted by molar-refractivity contribution is 8.02. The fraction of sp³-hybridized carbons (Fsp3) is 0.429. The van der Waals surface area contributed by atoms with Gasteiger partial charge in [-0.3, -0.25) is 5.41 Å². The summed E-state index contributed by atoms with van der Waals surface area (Å²) in [7, 11) is 0. The van der Waals surface area contributed by atoms with E-state index in [9.17, 15) is 0 Å². The van der Waals surface area contributed by atoms with Crippen molar-refractivity contribution in [1.29, 1.82) is 5.41 Å². The summed E-state index contributed by atoms with van der Waals surface area (Å²) in [5.74, 6) is 0.202. The van der Waals surface area contributed by atoms with Gasteiger partial charge in [-0.05, 0) is 13.8 Å². The molecule has 3 N–H and O–H groups in total. The first kappa shape index (κ1) is 9.54. The Balaban J connectivity index is 2.58. The minimum atomic E-state index is 0.0237. The maximum Gasteiger partial charge on any atom is 0.150 e. The largest absolute Gasteiger partial charge is 0.387 e. The van der Waals surface area contributed by atoms with Gasteiger partial charge in [0.15, 0.2) is 4.34 Å². The van der Waals surface area contributed by atoms with Crippen molar-refractivity contribution in [3.63, 3.8) is 0 Å². The van der Waals surface area contributed by atoms with E-state index in [1.807, 2.05) is 19.2 Å². The van der Waals surface area contributed by atoms with Gasteiger partial charge in [0.2, 0.25) is 0 Å². The molecule has 0 amide bonds. The zero-order valence-corrected chi connectivity index (χ0v) is 8.63. The molecule has 66 valence electrons. The maximum atomic E-state index is 7.19. The van der Waals surface area contributed by atoms with Gasteiger partial charge in [0.1, 0.15) is 5.84 Å². The molecule has 0 saturated heterocycles. The zero-order chi connectivity index (χ0) is 9.14. The minimum Gasteiger partial charge on any atom is -0.387 e. The molecule has 1 unspecified atom stereocenters. The SMILES string of the molecule is Cc1csc(SC(C)C(=N)N)n1. The molecule has 0 saturated carbocycles. The van der Waals surface area contributed by atoms with Crippen molar-refractivity contribution in [2.24, 2.45) is 5.73 Å². The molecule has 1 heterocycles. The van der Waals surface area contributed by atoms with Gasteiger partial charge >= 0.3 is 0 Å². The van der Waals surface area contributed by atoms with E-state index in [-0.39, 0.29) is 11.1 Å². The minimum absolute atomic E-state index is 0.0237. The predicted octanol–water partition coefficient (Wildman–Crippen LogP) is 1.87. The third-order valence-electron chi connectivity index (χ3n) is 1.31. The first-order valence-electron chi connectivity index (χ1n) is 3.52. The summed E-state index contributed by atoms with van der Waals surface area (Å²) in [4.78, 5) is 4.26. The van der Waals surface area contributed by atoms with Gasteiger partial charge in [-0.25, -0.2) is 4.98 Å². The lowest BCUT2D eigenvalue weighted by Gasteiger charge is -2.04. The van der Waals surface area contributed by atoms with Crippen LogP contribution in [0.25, 0.3) is 0 Å². The maximum absolute atomic E-state index is 7.19. The summed E-state index contributed by atoms with van der Waals surface area (Å²) in [5.41, 5.74) is 6.36. The fourth-order valence-corrected chi connectivity index (χ4v) is 2.55. The van der Waals surface area contributed by atoms with E-state index in [1.165, 1.54) is 11.8 Å². The first-order chi connectivity index (χ1) is 5.59. The van der Waals surface area contributed by atoms with Crippen molar-refractivity contribution in [3.8, 4) is 0 Å². The van der Waals surface area contributed by atoms with Crippen molar-refractivity contribution in [1.82, 2.24) is 4.98 Å². The Kier molecular flexibility index (Phi) is 3.11. The molecule has 5 heteroatoms. The lowest BCUT2D eigenvalue weighted by Crippen LogP contribution is -2.21. The Labute approximate surface area is 79.9 Å². The van der Waals surface area contributed by atoms with E-state index in [1.54, 1.807) is 11.3 Å². The third-order valence-corrected chi connectivity index (χ3v) is 3.54. The summed E-state index contributed by atoms with van der Waals surface area (Å²) in [6.07, 6.45) is 0. The number of thioether (sulfide) groups is 1. The zero-order valence-electron chi connectivity index (χ0n) is 7.00. The fourth-order valence-electron chi connectivity index (χ4n) is 0.601. The lowest BCUT2D eigenvalue weighted by molar-refractivity contribution is 1.14. The molecular formula is C7H11N3S2. The van der Waals surface area contributed by atoms with E-state index in [2.05, 4.69) is 4.98 Å². The molecule has 0 aliphatic heterocycles. The third kappa shape index (κ3) is 2.49. The number of hydrogen-bond acceptors (Lipinski definition) is 4. The number of nitrogens with zero attached hydrogens (tertiary/aromatic N) is 1. The Morgan fingerprint density at radius 2 is 2.50 bits per heavy atom. The number of thiazole rings is 1. The van der Waals surface area contributed by atoms with Crippen LogP contribution in [-0.2, 0) is 0 Å². The molecule has 12 heavy (non-hydrogen) atoms. The standard InChI is InChI=1S/C7H11N3S2/c1-4-3-11-7(10-4)12-5(2)6(8)9/h3,5H,1-2H3,(H3,8,9). The molecule has 0 bridgehead atoms. The van der Waals surface area contributed by atoms with Crippen LogP contribution >= 0.6 is 23.1 Å². The Hall–Kier alpha value is -0.550. The molecule has 1 rings (SSSR count). The molecular weight excluding hydrogens is 190 g/mol. The summed E-state index contributed by atoms with van der Waals surface area (Å²) in [6, 6.07) is 0. The second kappa shape index (κ2) is 3.91. The van der Waals surface area contributed by atoms with Crippen molar-refractivity contribution in [2.75, 3.05) is 0 Å². The predicted molar refractivity (Wildman–Crippen MR) is 54.1 cm³/mol. The van der Waals surface area contributed by atoms with Gasteiger partial charge in [-0.2, -0.15) is 0 Å². The first-order valence-corrected chi connectivity index (χ1v) is 5.28. The number of nitrogens with one attached hydrogen (secondary N) is 1. The van der Waals surface area contributed by atoms with Gasteiger partial charge in [0.05, 0.1) is 5.25 Å². The average molecular weight is 201 g/mol. The van der Waals surface area contributed by atoms with Gasteiger partial charge in [-0.15, -0.1) is 11.3 Å². The number of amidine groups is 1.